The number of carbonyl (C=O) groups excluding carboxylic acids is 1. The highest BCUT2D eigenvalue weighted by atomic mass is 19.1. The van der Waals surface area contributed by atoms with E-state index in [0.29, 0.717) is 42.4 Å². The van der Waals surface area contributed by atoms with Crippen LogP contribution in [0.15, 0.2) is 65.7 Å². The number of benzene rings is 3. The lowest BCUT2D eigenvalue weighted by molar-refractivity contribution is 0.0581. The van der Waals surface area contributed by atoms with Gasteiger partial charge in [-0.3, -0.25) is 4.79 Å². The molecule has 6 nitrogen and oxygen atoms in total. The van der Waals surface area contributed by atoms with E-state index in [0.717, 1.165) is 22.6 Å². The normalized spacial score (nSPS) is 17.2. The molecule has 5 rings (SSSR count). The number of hydrogen-bond donors (Lipinski definition) is 0. The predicted molar refractivity (Wildman–Crippen MR) is 129 cm³/mol. The number of aliphatic imine (C=N–C) groups is 1. The molecule has 34 heavy (non-hydrogen) atoms. The standard InChI is InChI=1S/C27H26FN3O3/c1-17-7-9-23-25(13-17)34-24-10-8-21(33-3)15-22(24)26(29-23)30-11-12-31(18(2)16-30)27(32)19-5-4-6-20(28)14-19/h4-10,13-15,18H,11-12,16H2,1-3H3. The Morgan fingerprint density at radius 2 is 1.94 bits per heavy atom. The number of fused-ring (bicyclic) bond motifs is 2. The summed E-state index contributed by atoms with van der Waals surface area (Å²) in [6.07, 6.45) is 0. The first-order valence-corrected chi connectivity index (χ1v) is 11.3. The van der Waals surface area contributed by atoms with Crippen LogP contribution in [0.2, 0.25) is 0 Å². The maximum atomic E-state index is 13.7. The highest BCUT2D eigenvalue weighted by molar-refractivity contribution is 6.04. The predicted octanol–water partition coefficient (Wildman–Crippen LogP) is 5.17. The maximum Gasteiger partial charge on any atom is 0.254 e. The van der Waals surface area contributed by atoms with Gasteiger partial charge in [0, 0.05) is 31.2 Å². The Bertz CT molecular complexity index is 1290. The fourth-order valence-corrected chi connectivity index (χ4v) is 4.47. The Balaban J connectivity index is 1.48. The molecule has 1 unspecified atom stereocenters. The van der Waals surface area contributed by atoms with Gasteiger partial charge in [0.2, 0.25) is 0 Å². The molecule has 0 N–H and O–H groups in total. The third-order valence-corrected chi connectivity index (χ3v) is 6.25. The molecule has 0 bridgehead atoms. The average Bonchev–Trinajstić information content (AvgIpc) is 2.99. The zero-order chi connectivity index (χ0) is 23.8. The molecule has 1 fully saturated rings. The first-order chi connectivity index (χ1) is 16.4. The number of methoxy groups -OCH3 is 1. The lowest BCUT2D eigenvalue weighted by Crippen LogP contribution is -2.55. The summed E-state index contributed by atoms with van der Waals surface area (Å²) in [5.41, 5.74) is 3.04. The number of piperazine rings is 1. The van der Waals surface area contributed by atoms with Crippen LogP contribution >= 0.6 is 0 Å². The van der Waals surface area contributed by atoms with E-state index >= 15 is 0 Å². The number of carbonyl (C=O) groups is 1. The fourth-order valence-electron chi connectivity index (χ4n) is 4.47. The average molecular weight is 460 g/mol. The molecule has 2 heterocycles. The minimum Gasteiger partial charge on any atom is -0.497 e. The van der Waals surface area contributed by atoms with Gasteiger partial charge in [0.1, 0.15) is 28.8 Å². The van der Waals surface area contributed by atoms with Crippen molar-refractivity contribution in [1.82, 2.24) is 9.80 Å². The zero-order valence-electron chi connectivity index (χ0n) is 19.4. The molecule has 2 aliphatic heterocycles. The van der Waals surface area contributed by atoms with Crippen molar-refractivity contribution in [3.05, 3.63) is 83.2 Å². The van der Waals surface area contributed by atoms with Crippen LogP contribution in [-0.4, -0.2) is 54.3 Å². The molecule has 1 amide bonds. The van der Waals surface area contributed by atoms with E-state index in [1.807, 2.05) is 50.2 Å². The highest BCUT2D eigenvalue weighted by Gasteiger charge is 2.32. The van der Waals surface area contributed by atoms with Crippen LogP contribution in [0.5, 0.6) is 17.2 Å². The largest absolute Gasteiger partial charge is 0.497 e. The lowest BCUT2D eigenvalue weighted by Gasteiger charge is -2.41. The molecule has 3 aromatic rings. The molecule has 0 aliphatic carbocycles. The van der Waals surface area contributed by atoms with Crippen molar-refractivity contribution in [2.24, 2.45) is 4.99 Å². The number of amides is 1. The summed E-state index contributed by atoms with van der Waals surface area (Å²) in [5, 5.41) is 0. The van der Waals surface area contributed by atoms with E-state index < -0.39 is 5.82 Å². The Labute approximate surface area is 198 Å². The first kappa shape index (κ1) is 21.9. The smallest absolute Gasteiger partial charge is 0.254 e. The molecule has 2 aliphatic rings. The summed E-state index contributed by atoms with van der Waals surface area (Å²) in [5.74, 6) is 2.32. The number of aryl methyl sites for hydroxylation is 1. The van der Waals surface area contributed by atoms with Crippen molar-refractivity contribution in [2.45, 2.75) is 19.9 Å². The molecular weight excluding hydrogens is 433 g/mol. The van der Waals surface area contributed by atoms with Crippen molar-refractivity contribution in [2.75, 3.05) is 26.7 Å². The van der Waals surface area contributed by atoms with Gasteiger partial charge in [-0.1, -0.05) is 12.1 Å². The second kappa shape index (κ2) is 8.82. The second-order valence-corrected chi connectivity index (χ2v) is 8.67. The van der Waals surface area contributed by atoms with Gasteiger partial charge in [0.25, 0.3) is 5.91 Å². The van der Waals surface area contributed by atoms with Gasteiger partial charge in [-0.05, 0) is 67.9 Å². The molecule has 0 spiro atoms. The van der Waals surface area contributed by atoms with Crippen LogP contribution in [0.25, 0.3) is 0 Å². The molecule has 3 aromatic carbocycles. The maximum absolute atomic E-state index is 13.7. The van der Waals surface area contributed by atoms with Crippen molar-refractivity contribution in [3.63, 3.8) is 0 Å². The summed E-state index contributed by atoms with van der Waals surface area (Å²) >= 11 is 0. The molecule has 1 atom stereocenters. The highest BCUT2D eigenvalue weighted by Crippen LogP contribution is 2.40. The number of hydrogen-bond acceptors (Lipinski definition) is 5. The van der Waals surface area contributed by atoms with Gasteiger partial charge < -0.3 is 19.3 Å². The van der Waals surface area contributed by atoms with Crippen LogP contribution in [-0.2, 0) is 0 Å². The number of halogens is 1. The quantitative estimate of drug-likeness (QED) is 0.530. The van der Waals surface area contributed by atoms with Gasteiger partial charge in [-0.25, -0.2) is 9.38 Å². The molecule has 0 saturated carbocycles. The second-order valence-electron chi connectivity index (χ2n) is 8.67. The number of rotatable bonds is 2. The molecular formula is C27H26FN3O3. The molecule has 174 valence electrons. The summed E-state index contributed by atoms with van der Waals surface area (Å²) < 4.78 is 25.4. The summed E-state index contributed by atoms with van der Waals surface area (Å²) in [6, 6.07) is 17.4. The van der Waals surface area contributed by atoms with Crippen LogP contribution in [0.3, 0.4) is 0 Å². The summed E-state index contributed by atoms with van der Waals surface area (Å²) in [4.78, 5) is 22.0. The van der Waals surface area contributed by atoms with E-state index in [1.165, 1.54) is 12.1 Å². The third-order valence-electron chi connectivity index (χ3n) is 6.25. The number of amidine groups is 1. The molecule has 1 saturated heterocycles. The van der Waals surface area contributed by atoms with Crippen LogP contribution in [0.4, 0.5) is 10.1 Å². The fraction of sp³-hybridized carbons (Fsp3) is 0.259. The third kappa shape index (κ3) is 4.09. The minimum absolute atomic E-state index is 0.0945. The zero-order valence-corrected chi connectivity index (χ0v) is 19.4. The Morgan fingerprint density at radius 1 is 1.09 bits per heavy atom. The minimum atomic E-state index is -0.413. The van der Waals surface area contributed by atoms with Crippen molar-refractivity contribution < 1.29 is 18.7 Å². The van der Waals surface area contributed by atoms with Crippen LogP contribution in [0.1, 0.15) is 28.4 Å². The topological polar surface area (TPSA) is 54.4 Å². The van der Waals surface area contributed by atoms with Crippen molar-refractivity contribution >= 4 is 17.4 Å². The summed E-state index contributed by atoms with van der Waals surface area (Å²) in [6.45, 7) is 5.68. The van der Waals surface area contributed by atoms with Gasteiger partial charge in [0.15, 0.2) is 5.75 Å². The van der Waals surface area contributed by atoms with Gasteiger partial charge in [0.05, 0.1) is 12.7 Å². The van der Waals surface area contributed by atoms with Crippen molar-refractivity contribution in [3.8, 4) is 17.2 Å². The van der Waals surface area contributed by atoms with E-state index in [4.69, 9.17) is 14.5 Å². The summed E-state index contributed by atoms with van der Waals surface area (Å²) in [7, 11) is 1.63. The Hall–Kier alpha value is -3.87. The molecule has 0 radical (unpaired) electrons. The van der Waals surface area contributed by atoms with Gasteiger partial charge in [-0.2, -0.15) is 0 Å². The molecule has 7 heteroatoms. The van der Waals surface area contributed by atoms with Crippen LogP contribution in [0, 0.1) is 12.7 Å². The molecule has 0 aromatic heterocycles. The van der Waals surface area contributed by atoms with Crippen LogP contribution < -0.4 is 9.47 Å². The monoisotopic (exact) mass is 459 g/mol. The number of ether oxygens (including phenoxy) is 2. The van der Waals surface area contributed by atoms with Gasteiger partial charge >= 0.3 is 0 Å². The van der Waals surface area contributed by atoms with E-state index in [1.54, 1.807) is 24.1 Å². The van der Waals surface area contributed by atoms with Gasteiger partial charge in [-0.15, -0.1) is 0 Å². The first-order valence-electron chi connectivity index (χ1n) is 11.3. The van der Waals surface area contributed by atoms with E-state index in [9.17, 15) is 9.18 Å². The Kier molecular flexibility index (Phi) is 5.69. The lowest BCUT2D eigenvalue weighted by atomic mass is 10.1. The van der Waals surface area contributed by atoms with Crippen molar-refractivity contribution in [1.29, 1.82) is 0 Å². The number of nitrogens with zero attached hydrogens (tertiary/aromatic N) is 3. The van der Waals surface area contributed by atoms with E-state index in [-0.39, 0.29) is 11.9 Å². The Morgan fingerprint density at radius 3 is 2.71 bits per heavy atom. The van der Waals surface area contributed by atoms with E-state index in [2.05, 4.69) is 4.90 Å². The SMILES string of the molecule is COc1ccc2c(c1)C(N1CCN(C(=O)c3cccc(F)c3)C(C)C1)=Nc1ccc(C)cc1O2.